The number of carboxylic acid groups (broad SMARTS) is 1. The Morgan fingerprint density at radius 2 is 1.95 bits per heavy atom. The number of carbonyl (C=O) groups is 2. The maximum Gasteiger partial charge on any atom is 0.312 e. The zero-order chi connectivity index (χ0) is 14.1. The molecule has 1 aromatic carbocycles. The third-order valence-electron chi connectivity index (χ3n) is 4.38. The van der Waals surface area contributed by atoms with Crippen molar-refractivity contribution in [1.29, 1.82) is 0 Å². The zero-order valence-electron chi connectivity index (χ0n) is 11.3. The molecule has 20 heavy (non-hydrogen) atoms. The summed E-state index contributed by atoms with van der Waals surface area (Å²) in [5.74, 6) is -0.0775. The van der Waals surface area contributed by atoms with E-state index in [1.807, 2.05) is 18.2 Å². The SMILES string of the molecule is O=C(O)C(CNC(=O)C1CC1C1CC1)c1ccccc1. The third kappa shape index (κ3) is 2.84. The van der Waals surface area contributed by atoms with E-state index in [0.717, 1.165) is 17.9 Å². The van der Waals surface area contributed by atoms with Crippen LogP contribution in [0, 0.1) is 17.8 Å². The van der Waals surface area contributed by atoms with Crippen molar-refractivity contribution in [3.8, 4) is 0 Å². The van der Waals surface area contributed by atoms with Gasteiger partial charge in [0.2, 0.25) is 5.91 Å². The Kier molecular flexibility index (Phi) is 3.47. The summed E-state index contributed by atoms with van der Waals surface area (Å²) in [7, 11) is 0. The molecule has 0 heterocycles. The van der Waals surface area contributed by atoms with E-state index < -0.39 is 11.9 Å². The molecule has 4 heteroatoms. The van der Waals surface area contributed by atoms with E-state index >= 15 is 0 Å². The molecule has 0 saturated heterocycles. The van der Waals surface area contributed by atoms with E-state index in [9.17, 15) is 14.7 Å². The molecular weight excluding hydrogens is 254 g/mol. The van der Waals surface area contributed by atoms with Crippen LogP contribution in [0.5, 0.6) is 0 Å². The predicted molar refractivity (Wildman–Crippen MR) is 74.1 cm³/mol. The standard InChI is InChI=1S/C16H19NO3/c18-15(13-8-12(13)11-6-7-11)17-9-14(16(19)20)10-4-2-1-3-5-10/h1-5,11-14H,6-9H2,(H,17,18)(H,19,20). The number of hydrogen-bond acceptors (Lipinski definition) is 2. The summed E-state index contributed by atoms with van der Waals surface area (Å²) < 4.78 is 0. The largest absolute Gasteiger partial charge is 0.481 e. The number of rotatable bonds is 6. The lowest BCUT2D eigenvalue weighted by molar-refractivity contribution is -0.138. The number of carbonyl (C=O) groups excluding carboxylic acids is 1. The number of carboxylic acids is 1. The molecule has 1 amide bonds. The third-order valence-corrected chi connectivity index (χ3v) is 4.38. The Hall–Kier alpha value is -1.84. The number of benzene rings is 1. The van der Waals surface area contributed by atoms with Crippen molar-refractivity contribution >= 4 is 11.9 Å². The first kappa shape index (κ1) is 13.2. The number of amides is 1. The van der Waals surface area contributed by atoms with Gasteiger partial charge in [0.05, 0.1) is 5.92 Å². The summed E-state index contributed by atoms with van der Waals surface area (Å²) >= 11 is 0. The van der Waals surface area contributed by atoms with Gasteiger partial charge in [-0.15, -0.1) is 0 Å². The lowest BCUT2D eigenvalue weighted by Gasteiger charge is -2.13. The Balaban J connectivity index is 1.55. The lowest BCUT2D eigenvalue weighted by atomic mass is 9.99. The minimum Gasteiger partial charge on any atom is -0.481 e. The molecule has 2 fully saturated rings. The summed E-state index contributed by atoms with van der Waals surface area (Å²) in [6.07, 6.45) is 3.51. The van der Waals surface area contributed by atoms with Gasteiger partial charge < -0.3 is 10.4 Å². The van der Waals surface area contributed by atoms with Crippen molar-refractivity contribution in [2.45, 2.75) is 25.2 Å². The van der Waals surface area contributed by atoms with Crippen LogP contribution in [0.3, 0.4) is 0 Å². The lowest BCUT2D eigenvalue weighted by Crippen LogP contribution is -2.33. The van der Waals surface area contributed by atoms with Crippen molar-refractivity contribution in [1.82, 2.24) is 5.32 Å². The fourth-order valence-corrected chi connectivity index (χ4v) is 2.93. The fourth-order valence-electron chi connectivity index (χ4n) is 2.93. The van der Waals surface area contributed by atoms with Crippen LogP contribution in [0.2, 0.25) is 0 Å². The van der Waals surface area contributed by atoms with Crippen molar-refractivity contribution in [2.24, 2.45) is 17.8 Å². The predicted octanol–water partition coefficient (Wildman–Crippen LogP) is 2.02. The van der Waals surface area contributed by atoms with E-state index in [1.54, 1.807) is 12.1 Å². The van der Waals surface area contributed by atoms with Crippen LogP contribution < -0.4 is 5.32 Å². The molecule has 3 rings (SSSR count). The van der Waals surface area contributed by atoms with Crippen molar-refractivity contribution < 1.29 is 14.7 Å². The molecule has 2 aliphatic carbocycles. The molecular formula is C16H19NO3. The molecule has 0 radical (unpaired) electrons. The molecule has 3 atom stereocenters. The Morgan fingerprint density at radius 1 is 1.25 bits per heavy atom. The molecule has 0 bridgehead atoms. The molecule has 2 N–H and O–H groups in total. The van der Waals surface area contributed by atoms with Gasteiger partial charge in [0.15, 0.2) is 0 Å². The summed E-state index contributed by atoms with van der Waals surface area (Å²) in [5, 5.41) is 12.1. The second-order valence-electron chi connectivity index (χ2n) is 5.89. The second kappa shape index (κ2) is 5.27. The maximum atomic E-state index is 12.0. The Morgan fingerprint density at radius 3 is 2.55 bits per heavy atom. The molecule has 2 aliphatic rings. The van der Waals surface area contributed by atoms with Gasteiger partial charge in [0, 0.05) is 12.5 Å². The Bertz CT molecular complexity index is 510. The van der Waals surface area contributed by atoms with Gasteiger partial charge in [0.25, 0.3) is 0 Å². The molecule has 4 nitrogen and oxygen atoms in total. The van der Waals surface area contributed by atoms with Crippen molar-refractivity contribution in [3.63, 3.8) is 0 Å². The smallest absolute Gasteiger partial charge is 0.312 e. The van der Waals surface area contributed by atoms with Gasteiger partial charge in [-0.05, 0) is 36.7 Å². The monoisotopic (exact) mass is 273 g/mol. The Labute approximate surface area is 118 Å². The van der Waals surface area contributed by atoms with Crippen LogP contribution in [-0.4, -0.2) is 23.5 Å². The highest BCUT2D eigenvalue weighted by atomic mass is 16.4. The van der Waals surface area contributed by atoms with E-state index in [-0.39, 0.29) is 18.4 Å². The molecule has 0 aliphatic heterocycles. The molecule has 2 saturated carbocycles. The number of aliphatic carboxylic acids is 1. The van der Waals surface area contributed by atoms with Crippen LogP contribution >= 0.6 is 0 Å². The van der Waals surface area contributed by atoms with Crippen LogP contribution in [0.1, 0.15) is 30.7 Å². The number of hydrogen-bond donors (Lipinski definition) is 2. The molecule has 0 aromatic heterocycles. The van der Waals surface area contributed by atoms with Crippen LogP contribution in [0.25, 0.3) is 0 Å². The van der Waals surface area contributed by atoms with E-state index in [4.69, 9.17) is 0 Å². The zero-order valence-corrected chi connectivity index (χ0v) is 11.3. The summed E-state index contributed by atoms with van der Waals surface area (Å²) in [6.45, 7) is 0.173. The summed E-state index contributed by atoms with van der Waals surface area (Å²) in [4.78, 5) is 23.3. The molecule has 106 valence electrons. The topological polar surface area (TPSA) is 66.4 Å². The highest BCUT2D eigenvalue weighted by Gasteiger charge is 2.51. The first-order valence-electron chi connectivity index (χ1n) is 7.22. The minimum absolute atomic E-state index is 0.0316. The van der Waals surface area contributed by atoms with Crippen molar-refractivity contribution in [3.05, 3.63) is 35.9 Å². The van der Waals surface area contributed by atoms with Crippen LogP contribution in [-0.2, 0) is 9.59 Å². The summed E-state index contributed by atoms with van der Waals surface area (Å²) in [5.41, 5.74) is 0.731. The van der Waals surface area contributed by atoms with E-state index in [1.165, 1.54) is 12.8 Å². The minimum atomic E-state index is -0.897. The van der Waals surface area contributed by atoms with Gasteiger partial charge in [-0.3, -0.25) is 9.59 Å². The molecule has 0 spiro atoms. The average Bonchev–Trinajstić information content (AvgIpc) is 3.29. The van der Waals surface area contributed by atoms with E-state index in [2.05, 4.69) is 5.32 Å². The van der Waals surface area contributed by atoms with Gasteiger partial charge in [-0.2, -0.15) is 0 Å². The maximum absolute atomic E-state index is 12.0. The molecule has 1 aromatic rings. The first-order valence-corrected chi connectivity index (χ1v) is 7.22. The van der Waals surface area contributed by atoms with Gasteiger partial charge >= 0.3 is 5.97 Å². The van der Waals surface area contributed by atoms with Crippen LogP contribution in [0.4, 0.5) is 0 Å². The first-order chi connectivity index (χ1) is 9.66. The van der Waals surface area contributed by atoms with Gasteiger partial charge in [-0.25, -0.2) is 0 Å². The fraction of sp³-hybridized carbons (Fsp3) is 0.500. The quantitative estimate of drug-likeness (QED) is 0.833. The average molecular weight is 273 g/mol. The number of nitrogens with one attached hydrogen (secondary N) is 1. The normalized spacial score (nSPS) is 25.8. The summed E-state index contributed by atoms with van der Waals surface area (Å²) in [6, 6.07) is 9.06. The highest BCUT2D eigenvalue weighted by Crippen LogP contribution is 2.54. The van der Waals surface area contributed by atoms with Crippen LogP contribution in [0.15, 0.2) is 30.3 Å². The van der Waals surface area contributed by atoms with Gasteiger partial charge in [0.1, 0.15) is 0 Å². The van der Waals surface area contributed by atoms with Gasteiger partial charge in [-0.1, -0.05) is 30.3 Å². The van der Waals surface area contributed by atoms with E-state index in [0.29, 0.717) is 5.92 Å². The van der Waals surface area contributed by atoms with Crippen molar-refractivity contribution in [2.75, 3.05) is 6.54 Å². The molecule has 3 unspecified atom stereocenters. The second-order valence-corrected chi connectivity index (χ2v) is 5.89. The highest BCUT2D eigenvalue weighted by molar-refractivity contribution is 5.83.